The van der Waals surface area contributed by atoms with E-state index in [1.165, 1.54) is 12.1 Å². The van der Waals surface area contributed by atoms with Crippen LogP contribution >= 0.6 is 0 Å². The van der Waals surface area contributed by atoms with Crippen molar-refractivity contribution in [2.75, 3.05) is 5.32 Å². The quantitative estimate of drug-likeness (QED) is 0.900. The zero-order chi connectivity index (χ0) is 14.0. The number of halogens is 1. The summed E-state index contributed by atoms with van der Waals surface area (Å²) in [6.45, 7) is 0. The van der Waals surface area contributed by atoms with Gasteiger partial charge in [0, 0.05) is 5.69 Å². The number of carbonyl (C=O) groups is 1. The molecule has 2 nitrogen and oxygen atoms in total. The fourth-order valence-electron chi connectivity index (χ4n) is 2.75. The first kappa shape index (κ1) is 12.9. The Labute approximate surface area is 117 Å². The summed E-state index contributed by atoms with van der Waals surface area (Å²) in [5.41, 5.74) is 1.10. The highest BCUT2D eigenvalue weighted by atomic mass is 19.1. The van der Waals surface area contributed by atoms with Crippen molar-refractivity contribution in [2.45, 2.75) is 24.7 Å². The second-order valence-corrected chi connectivity index (χ2v) is 5.27. The summed E-state index contributed by atoms with van der Waals surface area (Å²) in [5, 5.41) is 2.85. The Bertz CT molecular complexity index is 620. The van der Waals surface area contributed by atoms with Gasteiger partial charge in [0.2, 0.25) is 5.91 Å². The van der Waals surface area contributed by atoms with Gasteiger partial charge in [-0.1, -0.05) is 42.8 Å². The number of carbonyl (C=O) groups excluding carboxylic acids is 1. The van der Waals surface area contributed by atoms with Crippen molar-refractivity contribution < 1.29 is 9.18 Å². The van der Waals surface area contributed by atoms with E-state index < -0.39 is 5.41 Å². The largest absolute Gasteiger partial charge is 0.325 e. The molecule has 102 valence electrons. The molecule has 0 aliphatic heterocycles. The molecule has 20 heavy (non-hydrogen) atoms. The summed E-state index contributed by atoms with van der Waals surface area (Å²) >= 11 is 0. The maximum absolute atomic E-state index is 13.2. The Kier molecular flexibility index (Phi) is 3.26. The van der Waals surface area contributed by atoms with E-state index in [9.17, 15) is 9.18 Å². The molecule has 0 unspecified atom stereocenters. The van der Waals surface area contributed by atoms with Crippen molar-refractivity contribution in [1.29, 1.82) is 0 Å². The van der Waals surface area contributed by atoms with E-state index in [0.29, 0.717) is 5.69 Å². The van der Waals surface area contributed by atoms with Gasteiger partial charge in [-0.05, 0) is 36.6 Å². The van der Waals surface area contributed by atoms with Gasteiger partial charge in [0.05, 0.1) is 5.41 Å². The lowest BCUT2D eigenvalue weighted by atomic mass is 9.64. The highest BCUT2D eigenvalue weighted by Gasteiger charge is 2.45. The number of hydrogen-bond acceptors (Lipinski definition) is 1. The summed E-state index contributed by atoms with van der Waals surface area (Å²) in [5.74, 6) is -0.384. The third-order valence-corrected chi connectivity index (χ3v) is 4.05. The van der Waals surface area contributed by atoms with E-state index in [1.807, 2.05) is 30.3 Å². The topological polar surface area (TPSA) is 29.1 Å². The smallest absolute Gasteiger partial charge is 0.235 e. The molecule has 0 radical (unpaired) electrons. The SMILES string of the molecule is O=C(Nc1cccc(F)c1)C1(c2ccccc2)CCC1. The normalized spacial score (nSPS) is 16.2. The van der Waals surface area contributed by atoms with Gasteiger partial charge < -0.3 is 5.32 Å². The second-order valence-electron chi connectivity index (χ2n) is 5.27. The van der Waals surface area contributed by atoms with E-state index in [-0.39, 0.29) is 11.7 Å². The molecule has 3 heteroatoms. The second kappa shape index (κ2) is 5.08. The number of nitrogens with one attached hydrogen (secondary N) is 1. The highest BCUT2D eigenvalue weighted by molar-refractivity contribution is 5.99. The Morgan fingerprint density at radius 1 is 1.05 bits per heavy atom. The zero-order valence-corrected chi connectivity index (χ0v) is 11.1. The molecule has 1 fully saturated rings. The fourth-order valence-corrected chi connectivity index (χ4v) is 2.75. The van der Waals surface area contributed by atoms with E-state index in [1.54, 1.807) is 12.1 Å². The number of hydrogen-bond donors (Lipinski definition) is 1. The van der Waals surface area contributed by atoms with Crippen LogP contribution in [0.25, 0.3) is 0 Å². The van der Waals surface area contributed by atoms with Crippen molar-refractivity contribution in [3.05, 3.63) is 66.0 Å². The minimum atomic E-state index is -0.451. The van der Waals surface area contributed by atoms with Crippen molar-refractivity contribution in [1.82, 2.24) is 0 Å². The molecule has 1 amide bonds. The number of amides is 1. The van der Waals surface area contributed by atoms with Crippen LogP contribution in [-0.2, 0) is 10.2 Å². The predicted octanol–water partition coefficient (Wildman–Crippen LogP) is 3.89. The van der Waals surface area contributed by atoms with Crippen LogP contribution in [0.3, 0.4) is 0 Å². The average molecular weight is 269 g/mol. The molecule has 2 aromatic rings. The first-order valence-corrected chi connectivity index (χ1v) is 6.83. The minimum Gasteiger partial charge on any atom is -0.325 e. The number of benzene rings is 2. The monoisotopic (exact) mass is 269 g/mol. The van der Waals surface area contributed by atoms with E-state index in [2.05, 4.69) is 5.32 Å². The van der Waals surface area contributed by atoms with Gasteiger partial charge in [0.25, 0.3) is 0 Å². The third kappa shape index (κ3) is 2.20. The third-order valence-electron chi connectivity index (χ3n) is 4.05. The van der Waals surface area contributed by atoms with Gasteiger partial charge in [-0.25, -0.2) is 4.39 Å². The van der Waals surface area contributed by atoms with Crippen molar-refractivity contribution in [3.8, 4) is 0 Å². The number of rotatable bonds is 3. The molecule has 0 bridgehead atoms. The first-order valence-electron chi connectivity index (χ1n) is 6.83. The van der Waals surface area contributed by atoms with Crippen LogP contribution in [-0.4, -0.2) is 5.91 Å². The summed E-state index contributed by atoms with van der Waals surface area (Å²) in [4.78, 5) is 12.6. The molecular formula is C17H16FNO. The molecule has 1 N–H and O–H groups in total. The van der Waals surface area contributed by atoms with Crippen LogP contribution in [0, 0.1) is 5.82 Å². The average Bonchev–Trinajstić information content (AvgIpc) is 2.38. The molecule has 0 spiro atoms. The maximum atomic E-state index is 13.2. The van der Waals surface area contributed by atoms with Crippen LogP contribution in [0.1, 0.15) is 24.8 Å². The summed E-state index contributed by atoms with van der Waals surface area (Å²) < 4.78 is 13.2. The van der Waals surface area contributed by atoms with Crippen LogP contribution in [0.5, 0.6) is 0 Å². The molecule has 0 saturated heterocycles. The molecule has 0 atom stereocenters. The molecule has 0 aromatic heterocycles. The van der Waals surface area contributed by atoms with Gasteiger partial charge >= 0.3 is 0 Å². The summed E-state index contributed by atoms with van der Waals surface area (Å²) in [7, 11) is 0. The molecule has 1 aliphatic rings. The van der Waals surface area contributed by atoms with Crippen LogP contribution < -0.4 is 5.32 Å². The van der Waals surface area contributed by atoms with Crippen LogP contribution in [0.2, 0.25) is 0 Å². The lowest BCUT2D eigenvalue weighted by Crippen LogP contribution is -2.45. The van der Waals surface area contributed by atoms with E-state index in [4.69, 9.17) is 0 Å². The van der Waals surface area contributed by atoms with Crippen molar-refractivity contribution >= 4 is 11.6 Å². The van der Waals surface area contributed by atoms with Gasteiger partial charge in [0.15, 0.2) is 0 Å². The predicted molar refractivity (Wildman–Crippen MR) is 77.0 cm³/mol. The molecule has 3 rings (SSSR count). The molecule has 1 aliphatic carbocycles. The highest BCUT2D eigenvalue weighted by Crippen LogP contribution is 2.44. The van der Waals surface area contributed by atoms with Crippen LogP contribution in [0.15, 0.2) is 54.6 Å². The van der Waals surface area contributed by atoms with Crippen molar-refractivity contribution in [2.24, 2.45) is 0 Å². The zero-order valence-electron chi connectivity index (χ0n) is 11.1. The minimum absolute atomic E-state index is 0.0412. The molecule has 2 aromatic carbocycles. The van der Waals surface area contributed by atoms with Crippen molar-refractivity contribution in [3.63, 3.8) is 0 Å². The Morgan fingerprint density at radius 2 is 1.80 bits per heavy atom. The van der Waals surface area contributed by atoms with E-state index >= 15 is 0 Å². The van der Waals surface area contributed by atoms with Gasteiger partial charge in [-0.3, -0.25) is 4.79 Å². The summed E-state index contributed by atoms with van der Waals surface area (Å²) in [6, 6.07) is 15.8. The first-order chi connectivity index (χ1) is 9.71. The fraction of sp³-hybridized carbons (Fsp3) is 0.235. The molecule has 1 saturated carbocycles. The maximum Gasteiger partial charge on any atom is 0.235 e. The van der Waals surface area contributed by atoms with Crippen LogP contribution in [0.4, 0.5) is 10.1 Å². The van der Waals surface area contributed by atoms with E-state index in [0.717, 1.165) is 24.8 Å². The summed E-state index contributed by atoms with van der Waals surface area (Å²) in [6.07, 6.45) is 2.74. The lowest BCUT2D eigenvalue weighted by molar-refractivity contribution is -0.124. The Morgan fingerprint density at radius 3 is 2.40 bits per heavy atom. The standard InChI is InChI=1S/C17H16FNO/c18-14-8-4-9-15(12-14)19-16(20)17(10-5-11-17)13-6-2-1-3-7-13/h1-4,6-9,12H,5,10-11H2,(H,19,20). The Hall–Kier alpha value is -2.16. The molecule has 0 heterocycles. The Balaban J connectivity index is 1.85. The van der Waals surface area contributed by atoms with Gasteiger partial charge in [0.1, 0.15) is 5.82 Å². The number of anilines is 1. The molecular weight excluding hydrogens is 253 g/mol. The lowest BCUT2D eigenvalue weighted by Gasteiger charge is -2.40. The van der Waals surface area contributed by atoms with Gasteiger partial charge in [-0.15, -0.1) is 0 Å². The van der Waals surface area contributed by atoms with Gasteiger partial charge in [-0.2, -0.15) is 0 Å².